The lowest BCUT2D eigenvalue weighted by Crippen LogP contribution is -2.27. The molecule has 1 aliphatic heterocycles. The number of carbonyl (C=O) groups excluding carboxylic acids is 1. The van der Waals surface area contributed by atoms with E-state index in [0.29, 0.717) is 34.9 Å². The number of nitrogens with one attached hydrogen (secondary N) is 1. The summed E-state index contributed by atoms with van der Waals surface area (Å²) in [6.45, 7) is 1.10. The van der Waals surface area contributed by atoms with E-state index in [1.807, 2.05) is 0 Å². The summed E-state index contributed by atoms with van der Waals surface area (Å²) in [7, 11) is -3.49. The van der Waals surface area contributed by atoms with E-state index in [2.05, 4.69) is 10.3 Å². The quantitative estimate of drug-likeness (QED) is 0.690. The highest BCUT2D eigenvalue weighted by atomic mass is 35.5. The molecule has 0 saturated carbocycles. The van der Waals surface area contributed by atoms with Crippen LogP contribution in [-0.4, -0.2) is 36.7 Å². The number of sulfonamides is 1. The second kappa shape index (κ2) is 7.20. The molecule has 140 valence electrons. The highest BCUT2D eigenvalue weighted by molar-refractivity contribution is 7.89. The van der Waals surface area contributed by atoms with Crippen LogP contribution in [0.25, 0.3) is 10.2 Å². The molecule has 1 aliphatic rings. The minimum Gasteiger partial charge on any atom is -0.321 e. The number of amides is 1. The molecule has 4 rings (SSSR count). The van der Waals surface area contributed by atoms with Gasteiger partial charge in [-0.1, -0.05) is 11.6 Å². The molecule has 1 saturated heterocycles. The number of anilines is 1. The van der Waals surface area contributed by atoms with Gasteiger partial charge in [-0.3, -0.25) is 4.79 Å². The maximum absolute atomic E-state index is 12.6. The van der Waals surface area contributed by atoms with Crippen molar-refractivity contribution in [1.29, 1.82) is 0 Å². The van der Waals surface area contributed by atoms with E-state index in [1.54, 1.807) is 17.6 Å². The smallest absolute Gasteiger partial charge is 0.255 e. The number of fused-ring (bicyclic) bond motifs is 1. The average molecular weight is 422 g/mol. The fourth-order valence-corrected chi connectivity index (χ4v) is 5.63. The van der Waals surface area contributed by atoms with Crippen LogP contribution in [0, 0.1) is 0 Å². The predicted octanol–water partition coefficient (Wildman–Crippen LogP) is 3.99. The largest absolute Gasteiger partial charge is 0.321 e. The minimum absolute atomic E-state index is 0.206. The SMILES string of the molecule is O=C(Nc1ccc(Cl)c2ncsc12)c1ccc(S(=O)(=O)N2CCCC2)cc1. The summed E-state index contributed by atoms with van der Waals surface area (Å²) in [6, 6.07) is 9.42. The van der Waals surface area contributed by atoms with E-state index in [9.17, 15) is 13.2 Å². The van der Waals surface area contributed by atoms with Crippen molar-refractivity contribution in [2.24, 2.45) is 0 Å². The molecule has 0 unspecified atom stereocenters. The monoisotopic (exact) mass is 421 g/mol. The van der Waals surface area contributed by atoms with Crippen LogP contribution in [0.4, 0.5) is 5.69 Å². The van der Waals surface area contributed by atoms with Crippen LogP contribution >= 0.6 is 22.9 Å². The second-order valence-corrected chi connectivity index (χ2v) is 9.41. The zero-order chi connectivity index (χ0) is 19.0. The third kappa shape index (κ3) is 3.45. The summed E-state index contributed by atoms with van der Waals surface area (Å²) in [5, 5.41) is 3.37. The van der Waals surface area contributed by atoms with Crippen LogP contribution in [0.3, 0.4) is 0 Å². The Kier molecular flexibility index (Phi) is 4.90. The highest BCUT2D eigenvalue weighted by Gasteiger charge is 2.27. The Morgan fingerprint density at radius 3 is 2.52 bits per heavy atom. The normalized spacial score (nSPS) is 15.3. The van der Waals surface area contributed by atoms with Crippen LogP contribution in [0.15, 0.2) is 46.8 Å². The Bertz CT molecular complexity index is 1100. The molecular weight excluding hydrogens is 406 g/mol. The van der Waals surface area contributed by atoms with Crippen LogP contribution in [0.5, 0.6) is 0 Å². The number of aromatic nitrogens is 1. The topological polar surface area (TPSA) is 79.4 Å². The molecule has 3 aromatic rings. The van der Waals surface area contributed by atoms with E-state index in [4.69, 9.17) is 11.6 Å². The molecule has 6 nitrogen and oxygen atoms in total. The summed E-state index contributed by atoms with van der Waals surface area (Å²) in [5.41, 5.74) is 3.31. The summed E-state index contributed by atoms with van der Waals surface area (Å²) in [4.78, 5) is 17.0. The summed E-state index contributed by atoms with van der Waals surface area (Å²) < 4.78 is 27.4. The van der Waals surface area contributed by atoms with Gasteiger partial charge in [-0.05, 0) is 49.2 Å². The zero-order valence-corrected chi connectivity index (χ0v) is 16.6. The van der Waals surface area contributed by atoms with Crippen molar-refractivity contribution in [2.45, 2.75) is 17.7 Å². The lowest BCUT2D eigenvalue weighted by Gasteiger charge is -2.15. The fourth-order valence-electron chi connectivity index (χ4n) is 3.07. The first-order chi connectivity index (χ1) is 13.0. The van der Waals surface area contributed by atoms with Gasteiger partial charge in [0, 0.05) is 18.7 Å². The van der Waals surface area contributed by atoms with E-state index in [1.165, 1.54) is 39.9 Å². The van der Waals surface area contributed by atoms with Gasteiger partial charge in [-0.15, -0.1) is 11.3 Å². The number of benzene rings is 2. The number of rotatable bonds is 4. The van der Waals surface area contributed by atoms with Crippen molar-refractivity contribution in [3.05, 3.63) is 52.5 Å². The Labute approximate surface area is 165 Å². The van der Waals surface area contributed by atoms with Crippen LogP contribution in [0.1, 0.15) is 23.2 Å². The van der Waals surface area contributed by atoms with Crippen molar-refractivity contribution in [2.75, 3.05) is 18.4 Å². The maximum atomic E-state index is 12.6. The molecule has 2 heterocycles. The molecular formula is C18H16ClN3O3S2. The van der Waals surface area contributed by atoms with Crippen molar-refractivity contribution in [1.82, 2.24) is 9.29 Å². The van der Waals surface area contributed by atoms with Gasteiger partial charge in [-0.2, -0.15) is 4.31 Å². The molecule has 0 bridgehead atoms. The number of thiazole rings is 1. The number of hydrogen-bond donors (Lipinski definition) is 1. The first-order valence-corrected chi connectivity index (χ1v) is 11.1. The van der Waals surface area contributed by atoms with Crippen LogP contribution in [0.2, 0.25) is 5.02 Å². The zero-order valence-electron chi connectivity index (χ0n) is 14.2. The van der Waals surface area contributed by atoms with Crippen molar-refractivity contribution < 1.29 is 13.2 Å². The van der Waals surface area contributed by atoms with Gasteiger partial charge >= 0.3 is 0 Å². The molecule has 2 aromatic carbocycles. The Balaban J connectivity index is 1.56. The molecule has 1 fully saturated rings. The number of carbonyl (C=O) groups is 1. The predicted molar refractivity (Wildman–Crippen MR) is 107 cm³/mol. The van der Waals surface area contributed by atoms with Gasteiger partial charge in [0.05, 0.1) is 25.8 Å². The first kappa shape index (κ1) is 18.4. The Hall–Kier alpha value is -2.00. The second-order valence-electron chi connectivity index (χ2n) is 6.21. The van der Waals surface area contributed by atoms with Gasteiger partial charge in [0.1, 0.15) is 5.52 Å². The molecule has 1 aromatic heterocycles. The van der Waals surface area contributed by atoms with Gasteiger partial charge in [0.25, 0.3) is 5.91 Å². The standard InChI is InChI=1S/C18H16ClN3O3S2/c19-14-7-8-15(17-16(14)20-11-26-17)21-18(23)12-3-5-13(6-4-12)27(24,25)22-9-1-2-10-22/h3-8,11H,1-2,9-10H2,(H,21,23). The summed E-state index contributed by atoms with van der Waals surface area (Å²) >= 11 is 7.50. The van der Waals surface area contributed by atoms with Crippen molar-refractivity contribution >= 4 is 54.8 Å². The van der Waals surface area contributed by atoms with E-state index < -0.39 is 10.0 Å². The molecule has 9 heteroatoms. The molecule has 0 spiro atoms. The Morgan fingerprint density at radius 1 is 1.11 bits per heavy atom. The highest BCUT2D eigenvalue weighted by Crippen LogP contribution is 2.32. The van der Waals surface area contributed by atoms with E-state index in [-0.39, 0.29) is 10.8 Å². The van der Waals surface area contributed by atoms with Gasteiger partial charge in [-0.25, -0.2) is 13.4 Å². The van der Waals surface area contributed by atoms with E-state index >= 15 is 0 Å². The third-order valence-corrected chi connectivity index (χ3v) is 7.58. The minimum atomic E-state index is -3.49. The number of halogens is 1. The van der Waals surface area contributed by atoms with Gasteiger partial charge in [0.15, 0.2) is 0 Å². The molecule has 1 amide bonds. The van der Waals surface area contributed by atoms with E-state index in [0.717, 1.165) is 17.5 Å². The van der Waals surface area contributed by atoms with Crippen LogP contribution < -0.4 is 5.32 Å². The number of hydrogen-bond acceptors (Lipinski definition) is 5. The van der Waals surface area contributed by atoms with Crippen LogP contribution in [-0.2, 0) is 10.0 Å². The summed E-state index contributed by atoms with van der Waals surface area (Å²) in [5.74, 6) is -0.322. The molecule has 0 atom stereocenters. The van der Waals surface area contributed by atoms with Gasteiger partial charge in [0.2, 0.25) is 10.0 Å². The summed E-state index contributed by atoms with van der Waals surface area (Å²) in [6.07, 6.45) is 1.76. The first-order valence-electron chi connectivity index (χ1n) is 8.40. The molecule has 0 aliphatic carbocycles. The lowest BCUT2D eigenvalue weighted by molar-refractivity contribution is 0.102. The average Bonchev–Trinajstić information content (AvgIpc) is 3.36. The van der Waals surface area contributed by atoms with Gasteiger partial charge < -0.3 is 5.32 Å². The third-order valence-electron chi connectivity index (χ3n) is 4.50. The number of nitrogens with zero attached hydrogens (tertiary/aromatic N) is 2. The fraction of sp³-hybridized carbons (Fsp3) is 0.222. The Morgan fingerprint density at radius 2 is 1.81 bits per heavy atom. The van der Waals surface area contributed by atoms with Crippen molar-refractivity contribution in [3.63, 3.8) is 0 Å². The van der Waals surface area contributed by atoms with Crippen molar-refractivity contribution in [3.8, 4) is 0 Å². The lowest BCUT2D eigenvalue weighted by atomic mass is 10.2. The molecule has 27 heavy (non-hydrogen) atoms. The maximum Gasteiger partial charge on any atom is 0.255 e. The molecule has 1 N–H and O–H groups in total. The molecule has 0 radical (unpaired) electrons.